The zero-order valence-electron chi connectivity index (χ0n) is 11.9. The largest absolute Gasteiger partial charge is 0.206 e. The van der Waals surface area contributed by atoms with Crippen LogP contribution in [0.4, 0.5) is 8.78 Å². The number of allylic oxidation sites excluding steroid dienone is 1. The number of halogens is 2. The van der Waals surface area contributed by atoms with E-state index in [0.29, 0.717) is 17.5 Å². The predicted molar refractivity (Wildman–Crippen MR) is 73.2 cm³/mol. The average Bonchev–Trinajstić information content (AvgIpc) is 2.25. The molecule has 1 aromatic rings. The minimum absolute atomic E-state index is 0.0387. The Labute approximate surface area is 109 Å². The lowest BCUT2D eigenvalue weighted by Gasteiger charge is -2.22. The molecule has 0 bridgehead atoms. The Morgan fingerprint density at radius 3 is 1.67 bits per heavy atom. The van der Waals surface area contributed by atoms with E-state index < -0.39 is 11.6 Å². The van der Waals surface area contributed by atoms with Crippen molar-refractivity contribution in [2.45, 2.75) is 52.9 Å². The maximum absolute atomic E-state index is 14.3. The van der Waals surface area contributed by atoms with Crippen molar-refractivity contribution in [3.05, 3.63) is 46.5 Å². The lowest BCUT2D eigenvalue weighted by molar-refractivity contribution is 0.530. The van der Waals surface area contributed by atoms with Crippen LogP contribution in [0.25, 0.3) is 0 Å². The highest BCUT2D eigenvalue weighted by Gasteiger charge is 2.24. The molecule has 1 rings (SSSR count). The molecule has 0 saturated carbocycles. The van der Waals surface area contributed by atoms with Gasteiger partial charge >= 0.3 is 0 Å². The normalized spacial score (nSPS) is 11.4. The molecule has 0 N–H and O–H groups in total. The lowest BCUT2D eigenvalue weighted by atomic mass is 9.84. The second kappa shape index (κ2) is 5.64. The van der Waals surface area contributed by atoms with Gasteiger partial charge in [0.1, 0.15) is 11.6 Å². The van der Waals surface area contributed by atoms with Crippen molar-refractivity contribution >= 4 is 0 Å². The number of hydrogen-bond donors (Lipinski definition) is 0. The lowest BCUT2D eigenvalue weighted by Crippen LogP contribution is -2.11. The zero-order valence-corrected chi connectivity index (χ0v) is 11.9. The highest BCUT2D eigenvalue weighted by atomic mass is 19.1. The topological polar surface area (TPSA) is 0 Å². The third kappa shape index (κ3) is 2.47. The van der Waals surface area contributed by atoms with Crippen LogP contribution >= 0.6 is 0 Å². The van der Waals surface area contributed by atoms with E-state index in [0.717, 1.165) is 5.56 Å². The molecule has 0 amide bonds. The van der Waals surface area contributed by atoms with Gasteiger partial charge in [-0.25, -0.2) is 8.78 Å². The SMILES string of the molecule is C=CCc1c(C(C)C)c(F)c(C)c(F)c1C(C)C. The molecule has 0 unspecified atom stereocenters. The van der Waals surface area contributed by atoms with Crippen LogP contribution < -0.4 is 0 Å². The molecule has 0 aliphatic carbocycles. The maximum atomic E-state index is 14.3. The van der Waals surface area contributed by atoms with Crippen molar-refractivity contribution in [2.75, 3.05) is 0 Å². The van der Waals surface area contributed by atoms with E-state index in [1.807, 2.05) is 27.7 Å². The van der Waals surface area contributed by atoms with Gasteiger partial charge < -0.3 is 0 Å². The third-order valence-electron chi connectivity index (χ3n) is 3.28. The van der Waals surface area contributed by atoms with Gasteiger partial charge in [-0.3, -0.25) is 0 Å². The van der Waals surface area contributed by atoms with Gasteiger partial charge in [0.15, 0.2) is 0 Å². The summed E-state index contributed by atoms with van der Waals surface area (Å²) in [6.45, 7) is 13.0. The van der Waals surface area contributed by atoms with Crippen molar-refractivity contribution in [1.29, 1.82) is 0 Å². The van der Waals surface area contributed by atoms with E-state index in [1.165, 1.54) is 6.92 Å². The van der Waals surface area contributed by atoms with Crippen LogP contribution in [0, 0.1) is 18.6 Å². The molecule has 2 heteroatoms. The third-order valence-corrected chi connectivity index (χ3v) is 3.28. The van der Waals surface area contributed by atoms with Gasteiger partial charge in [-0.2, -0.15) is 0 Å². The quantitative estimate of drug-likeness (QED) is 0.642. The first-order valence-corrected chi connectivity index (χ1v) is 6.43. The van der Waals surface area contributed by atoms with Crippen LogP contribution in [0.15, 0.2) is 12.7 Å². The van der Waals surface area contributed by atoms with Crippen LogP contribution in [-0.2, 0) is 6.42 Å². The van der Waals surface area contributed by atoms with E-state index in [9.17, 15) is 8.78 Å². The molecule has 0 spiro atoms. The van der Waals surface area contributed by atoms with Gasteiger partial charge in [0.05, 0.1) is 0 Å². The highest BCUT2D eigenvalue weighted by Crippen LogP contribution is 2.35. The molecule has 0 aromatic heterocycles. The molecule has 0 aliphatic rings. The van der Waals surface area contributed by atoms with Crippen molar-refractivity contribution in [3.63, 3.8) is 0 Å². The zero-order chi connectivity index (χ0) is 14.0. The Kier molecular flexibility index (Phi) is 4.66. The summed E-state index contributed by atoms with van der Waals surface area (Å²) in [5, 5.41) is 0. The van der Waals surface area contributed by atoms with Crippen LogP contribution in [0.3, 0.4) is 0 Å². The Morgan fingerprint density at radius 1 is 1.00 bits per heavy atom. The van der Waals surface area contributed by atoms with E-state index in [2.05, 4.69) is 6.58 Å². The highest BCUT2D eigenvalue weighted by molar-refractivity contribution is 5.45. The molecular weight excluding hydrogens is 230 g/mol. The molecule has 0 atom stereocenters. The van der Waals surface area contributed by atoms with E-state index in [-0.39, 0.29) is 17.4 Å². The maximum Gasteiger partial charge on any atom is 0.132 e. The fraction of sp³-hybridized carbons (Fsp3) is 0.500. The van der Waals surface area contributed by atoms with E-state index >= 15 is 0 Å². The first-order chi connectivity index (χ1) is 8.32. The van der Waals surface area contributed by atoms with Crippen LogP contribution in [0.2, 0.25) is 0 Å². The fourth-order valence-corrected chi connectivity index (χ4v) is 2.48. The van der Waals surface area contributed by atoms with Crippen LogP contribution in [0.5, 0.6) is 0 Å². The van der Waals surface area contributed by atoms with E-state index in [4.69, 9.17) is 0 Å². The van der Waals surface area contributed by atoms with E-state index in [1.54, 1.807) is 6.08 Å². The molecular formula is C16H22F2. The second-order valence-electron chi connectivity index (χ2n) is 5.36. The Hall–Kier alpha value is -1.18. The molecule has 0 saturated heterocycles. The summed E-state index contributed by atoms with van der Waals surface area (Å²) in [5.74, 6) is -0.721. The Morgan fingerprint density at radius 2 is 1.39 bits per heavy atom. The first kappa shape index (κ1) is 14.9. The molecule has 0 aliphatic heterocycles. The van der Waals surface area contributed by atoms with Crippen molar-refractivity contribution in [1.82, 2.24) is 0 Å². The van der Waals surface area contributed by atoms with Gasteiger partial charge in [0.2, 0.25) is 0 Å². The van der Waals surface area contributed by atoms with Crippen molar-refractivity contribution in [3.8, 4) is 0 Å². The average molecular weight is 252 g/mol. The van der Waals surface area contributed by atoms with Gasteiger partial charge in [-0.05, 0) is 41.9 Å². The molecule has 0 fully saturated rings. The minimum atomic E-state index is -0.399. The molecule has 18 heavy (non-hydrogen) atoms. The van der Waals surface area contributed by atoms with Gasteiger partial charge in [-0.15, -0.1) is 6.58 Å². The summed E-state index contributed by atoms with van der Waals surface area (Å²) in [4.78, 5) is 0. The van der Waals surface area contributed by atoms with Crippen LogP contribution in [-0.4, -0.2) is 0 Å². The van der Waals surface area contributed by atoms with Gasteiger partial charge in [0.25, 0.3) is 0 Å². The molecule has 0 radical (unpaired) electrons. The standard InChI is InChI=1S/C16H22F2/c1-7-8-12-13(9(2)3)15(17)11(6)16(18)14(12)10(4)5/h7,9-10H,1,8H2,2-6H3. The second-order valence-corrected chi connectivity index (χ2v) is 5.36. The summed E-state index contributed by atoms with van der Waals surface area (Å²) in [6.07, 6.45) is 2.22. The Bertz CT molecular complexity index is 422. The first-order valence-electron chi connectivity index (χ1n) is 6.43. The number of hydrogen-bond acceptors (Lipinski definition) is 0. The summed E-state index contributed by atoms with van der Waals surface area (Å²) in [7, 11) is 0. The van der Waals surface area contributed by atoms with Gasteiger partial charge in [0, 0.05) is 5.56 Å². The number of rotatable bonds is 4. The van der Waals surface area contributed by atoms with Crippen molar-refractivity contribution in [2.24, 2.45) is 0 Å². The fourth-order valence-electron chi connectivity index (χ4n) is 2.48. The predicted octanol–water partition coefficient (Wildman–Crippen LogP) is 5.25. The van der Waals surface area contributed by atoms with Crippen LogP contribution in [0.1, 0.15) is 61.8 Å². The smallest absolute Gasteiger partial charge is 0.132 e. The summed E-state index contributed by atoms with van der Waals surface area (Å²) >= 11 is 0. The van der Waals surface area contributed by atoms with Gasteiger partial charge in [-0.1, -0.05) is 33.8 Å². The summed E-state index contributed by atoms with van der Waals surface area (Å²) in [5.41, 5.74) is 2.18. The number of benzene rings is 1. The monoisotopic (exact) mass is 252 g/mol. The Balaban J connectivity index is 3.74. The summed E-state index contributed by atoms with van der Waals surface area (Å²) in [6, 6.07) is 0. The summed E-state index contributed by atoms with van der Waals surface area (Å²) < 4.78 is 28.5. The molecule has 0 nitrogen and oxygen atoms in total. The van der Waals surface area contributed by atoms with Crippen molar-refractivity contribution < 1.29 is 8.78 Å². The molecule has 1 aromatic carbocycles. The molecule has 0 heterocycles. The molecule has 100 valence electrons. The minimum Gasteiger partial charge on any atom is -0.206 e.